The number of piperazine rings is 1. The van der Waals surface area contributed by atoms with Crippen LogP contribution in [0.5, 0.6) is 0 Å². The van der Waals surface area contributed by atoms with Crippen molar-refractivity contribution in [3.63, 3.8) is 0 Å². The molecule has 2 amide bonds. The first kappa shape index (κ1) is 27.5. The number of nitrogens with zero attached hydrogens (tertiary/aromatic N) is 3. The van der Waals surface area contributed by atoms with Gasteiger partial charge < -0.3 is 20.0 Å². The average Bonchev–Trinajstić information content (AvgIpc) is 3.31. The number of carbonyl (C=O) groups excluding carboxylic acids is 2. The molecule has 2 atom stereocenters. The summed E-state index contributed by atoms with van der Waals surface area (Å²) in [6.07, 6.45) is 1.44. The minimum absolute atomic E-state index is 0.0199. The summed E-state index contributed by atoms with van der Waals surface area (Å²) in [5, 5.41) is 3.57. The molecule has 42 heavy (non-hydrogen) atoms. The molecule has 4 aromatic rings. The van der Waals surface area contributed by atoms with E-state index >= 15 is 0 Å². The normalized spacial score (nSPS) is 17.2. The fraction of sp³-hybridized carbons (Fsp3) is 0.257. The van der Waals surface area contributed by atoms with Crippen molar-refractivity contribution in [2.24, 2.45) is 0 Å². The van der Waals surface area contributed by atoms with E-state index in [2.05, 4.69) is 24.4 Å². The van der Waals surface area contributed by atoms with E-state index in [4.69, 9.17) is 0 Å². The summed E-state index contributed by atoms with van der Waals surface area (Å²) in [7, 11) is 0. The van der Waals surface area contributed by atoms with E-state index < -0.39 is 0 Å². The number of nitrogens with one attached hydrogen (secondary N) is 1. The Kier molecular flexibility index (Phi) is 7.91. The quantitative estimate of drug-likeness (QED) is 0.271. The summed E-state index contributed by atoms with van der Waals surface area (Å²) in [6.45, 7) is 4.34. The summed E-state index contributed by atoms with van der Waals surface area (Å²) < 4.78 is 14.2. The minimum atomic E-state index is -0.299. The summed E-state index contributed by atoms with van der Waals surface area (Å²) in [5.41, 5.74) is 4.97. The zero-order valence-electron chi connectivity index (χ0n) is 23.7. The van der Waals surface area contributed by atoms with Crippen molar-refractivity contribution < 1.29 is 14.0 Å². The van der Waals surface area contributed by atoms with Crippen molar-refractivity contribution in [2.75, 3.05) is 36.4 Å². The van der Waals surface area contributed by atoms with E-state index in [1.54, 1.807) is 12.1 Å². The summed E-state index contributed by atoms with van der Waals surface area (Å²) in [4.78, 5) is 32.5. The molecule has 0 spiro atoms. The predicted molar refractivity (Wildman–Crippen MR) is 164 cm³/mol. The molecule has 2 unspecified atom stereocenters. The maximum Gasteiger partial charge on any atom is 0.256 e. The van der Waals surface area contributed by atoms with Crippen LogP contribution in [0.2, 0.25) is 0 Å². The largest absolute Gasteiger partial charge is 0.366 e. The second kappa shape index (κ2) is 12.1. The van der Waals surface area contributed by atoms with E-state index in [0.29, 0.717) is 37.4 Å². The SMILES string of the molecule is CC(CCc1ccccc1)N1C(=O)c2ccccc2C1Nc1ccc(C(=O)N2CCN(c3ccccc3F)CC2)cc1. The van der Waals surface area contributed by atoms with Crippen molar-refractivity contribution in [1.29, 1.82) is 0 Å². The molecule has 214 valence electrons. The van der Waals surface area contributed by atoms with Crippen molar-refractivity contribution in [3.8, 4) is 0 Å². The van der Waals surface area contributed by atoms with Crippen LogP contribution in [0.1, 0.15) is 51.4 Å². The van der Waals surface area contributed by atoms with Gasteiger partial charge in [0.2, 0.25) is 0 Å². The number of halogens is 1. The number of rotatable bonds is 8. The number of hydrogen-bond acceptors (Lipinski definition) is 4. The van der Waals surface area contributed by atoms with Crippen molar-refractivity contribution in [1.82, 2.24) is 9.80 Å². The summed E-state index contributed by atoms with van der Waals surface area (Å²) in [6, 6.07) is 32.4. The van der Waals surface area contributed by atoms with Gasteiger partial charge >= 0.3 is 0 Å². The summed E-state index contributed by atoms with van der Waals surface area (Å²) in [5.74, 6) is -0.242. The molecular formula is C35H35FN4O2. The van der Waals surface area contributed by atoms with Gasteiger partial charge in [-0.3, -0.25) is 9.59 Å². The fourth-order valence-corrected chi connectivity index (χ4v) is 6.01. The Morgan fingerprint density at radius 1 is 0.857 bits per heavy atom. The Hall–Kier alpha value is -4.65. The van der Waals surface area contributed by atoms with Crippen LogP contribution in [-0.4, -0.2) is 53.8 Å². The van der Waals surface area contributed by atoms with Gasteiger partial charge in [-0.2, -0.15) is 0 Å². The lowest BCUT2D eigenvalue weighted by atomic mass is 10.0. The molecule has 0 saturated carbocycles. The average molecular weight is 563 g/mol. The number of benzene rings is 4. The van der Waals surface area contributed by atoms with Crippen LogP contribution in [0.4, 0.5) is 15.8 Å². The van der Waals surface area contributed by atoms with Crippen LogP contribution < -0.4 is 10.2 Å². The van der Waals surface area contributed by atoms with Crippen LogP contribution in [0, 0.1) is 5.82 Å². The molecule has 1 N–H and O–H groups in total. The Balaban J connectivity index is 1.12. The van der Waals surface area contributed by atoms with Gasteiger partial charge in [0.25, 0.3) is 11.8 Å². The number of hydrogen-bond donors (Lipinski definition) is 1. The van der Waals surface area contributed by atoms with Gasteiger partial charge in [0.15, 0.2) is 0 Å². The van der Waals surface area contributed by atoms with Gasteiger partial charge in [-0.25, -0.2) is 4.39 Å². The molecule has 0 bridgehead atoms. The third-order valence-corrected chi connectivity index (χ3v) is 8.36. The maximum absolute atomic E-state index is 14.2. The lowest BCUT2D eigenvalue weighted by Gasteiger charge is -2.36. The topological polar surface area (TPSA) is 55.9 Å². The number of anilines is 2. The summed E-state index contributed by atoms with van der Waals surface area (Å²) >= 11 is 0. The minimum Gasteiger partial charge on any atom is -0.366 e. The van der Waals surface area contributed by atoms with E-state index in [0.717, 1.165) is 29.7 Å². The highest BCUT2D eigenvalue weighted by Crippen LogP contribution is 2.37. The first-order valence-corrected chi connectivity index (χ1v) is 14.6. The molecule has 1 fully saturated rings. The monoisotopic (exact) mass is 562 g/mol. The molecule has 0 aliphatic carbocycles. The number of carbonyl (C=O) groups is 2. The van der Waals surface area contributed by atoms with Crippen molar-refractivity contribution >= 4 is 23.2 Å². The van der Waals surface area contributed by atoms with Crippen LogP contribution in [0.3, 0.4) is 0 Å². The Morgan fingerprint density at radius 3 is 2.26 bits per heavy atom. The Labute approximate surface area is 246 Å². The highest BCUT2D eigenvalue weighted by atomic mass is 19.1. The van der Waals surface area contributed by atoms with Gasteiger partial charge in [-0.15, -0.1) is 0 Å². The van der Waals surface area contributed by atoms with Crippen LogP contribution in [0.15, 0.2) is 103 Å². The molecule has 7 heteroatoms. The van der Waals surface area contributed by atoms with Gasteiger partial charge in [0.05, 0.1) is 5.69 Å². The molecular weight excluding hydrogens is 527 g/mol. The van der Waals surface area contributed by atoms with Crippen molar-refractivity contribution in [3.05, 3.63) is 131 Å². The lowest BCUT2D eigenvalue weighted by Crippen LogP contribution is -2.49. The van der Waals surface area contributed by atoms with E-state index in [1.807, 2.05) is 87.5 Å². The molecule has 4 aromatic carbocycles. The maximum atomic E-state index is 14.2. The highest BCUT2D eigenvalue weighted by Gasteiger charge is 2.39. The number of para-hydroxylation sites is 1. The fourth-order valence-electron chi connectivity index (χ4n) is 6.01. The molecule has 2 heterocycles. The van der Waals surface area contributed by atoms with E-state index in [-0.39, 0.29) is 29.8 Å². The molecule has 0 aromatic heterocycles. The molecule has 6 rings (SSSR count). The third kappa shape index (κ3) is 5.59. The van der Waals surface area contributed by atoms with Gasteiger partial charge in [0.1, 0.15) is 12.0 Å². The number of amides is 2. The van der Waals surface area contributed by atoms with Gasteiger partial charge in [-0.1, -0.05) is 60.7 Å². The Morgan fingerprint density at radius 2 is 1.52 bits per heavy atom. The first-order valence-electron chi connectivity index (χ1n) is 14.6. The highest BCUT2D eigenvalue weighted by molar-refractivity contribution is 6.00. The predicted octanol–water partition coefficient (Wildman–Crippen LogP) is 6.38. The van der Waals surface area contributed by atoms with Crippen LogP contribution in [-0.2, 0) is 6.42 Å². The first-order chi connectivity index (χ1) is 20.5. The standard InChI is InChI=1S/C35H35FN4O2/c1-25(15-16-26-9-3-2-4-10-26)40-33(29-11-5-6-12-30(29)35(40)42)37-28-19-17-27(18-20-28)34(41)39-23-21-38(22-24-39)32-14-8-7-13-31(32)36/h2-14,17-20,25,33,37H,15-16,21-24H2,1H3. The number of fused-ring (bicyclic) bond motifs is 1. The van der Waals surface area contributed by atoms with Crippen molar-refractivity contribution in [2.45, 2.75) is 32.0 Å². The smallest absolute Gasteiger partial charge is 0.256 e. The van der Waals surface area contributed by atoms with Crippen LogP contribution in [0.25, 0.3) is 0 Å². The van der Waals surface area contributed by atoms with E-state index in [9.17, 15) is 14.0 Å². The zero-order chi connectivity index (χ0) is 29.1. The molecule has 6 nitrogen and oxygen atoms in total. The van der Waals surface area contributed by atoms with Gasteiger partial charge in [0, 0.05) is 54.6 Å². The van der Waals surface area contributed by atoms with Crippen LogP contribution >= 0.6 is 0 Å². The second-order valence-electron chi connectivity index (χ2n) is 11.0. The Bertz CT molecular complexity index is 1550. The molecule has 0 radical (unpaired) electrons. The number of aryl methyl sites for hydroxylation is 1. The van der Waals surface area contributed by atoms with E-state index in [1.165, 1.54) is 11.6 Å². The molecule has 2 aliphatic heterocycles. The lowest BCUT2D eigenvalue weighted by molar-refractivity contribution is 0.0659. The molecule has 1 saturated heterocycles. The van der Waals surface area contributed by atoms with Gasteiger partial charge in [-0.05, 0) is 67.8 Å². The third-order valence-electron chi connectivity index (χ3n) is 8.36. The second-order valence-corrected chi connectivity index (χ2v) is 11.0. The zero-order valence-corrected chi connectivity index (χ0v) is 23.7. The molecule has 2 aliphatic rings.